The number of amides is 1. The Morgan fingerprint density at radius 3 is 2.61 bits per heavy atom. The molecule has 0 spiro atoms. The van der Waals surface area contributed by atoms with E-state index in [-0.39, 0.29) is 30.7 Å². The van der Waals surface area contributed by atoms with Crippen LogP contribution in [0.5, 0.6) is 0 Å². The van der Waals surface area contributed by atoms with Crippen molar-refractivity contribution in [1.29, 1.82) is 0 Å². The minimum Gasteiger partial charge on any atom is -0.459 e. The number of nitrogens with one attached hydrogen (secondary N) is 1. The van der Waals surface area contributed by atoms with Gasteiger partial charge in [-0.1, -0.05) is 56.3 Å². The molecule has 5 nitrogen and oxygen atoms in total. The zero-order valence-electron chi connectivity index (χ0n) is 17.5. The summed E-state index contributed by atoms with van der Waals surface area (Å²) >= 11 is 1.35. The van der Waals surface area contributed by atoms with Crippen LogP contribution in [0.1, 0.15) is 31.5 Å². The summed E-state index contributed by atoms with van der Waals surface area (Å²) in [6.07, 6.45) is 0.511. The number of benzene rings is 2. The molecule has 1 amide bonds. The molecule has 0 bridgehead atoms. The van der Waals surface area contributed by atoms with Crippen LogP contribution in [0.15, 0.2) is 60.0 Å². The molecule has 0 unspecified atom stereocenters. The zero-order chi connectivity index (χ0) is 22.2. The maximum Gasteiger partial charge on any atom is 0.328 e. The summed E-state index contributed by atoms with van der Waals surface area (Å²) in [5, 5.41) is 5.19. The van der Waals surface area contributed by atoms with Crippen molar-refractivity contribution in [3.05, 3.63) is 77.1 Å². The molecule has 0 fully saturated rings. The van der Waals surface area contributed by atoms with Crippen molar-refractivity contribution in [2.24, 2.45) is 5.92 Å². The number of ether oxygens (including phenoxy) is 1. The van der Waals surface area contributed by atoms with E-state index < -0.39 is 12.0 Å². The van der Waals surface area contributed by atoms with Gasteiger partial charge in [-0.25, -0.2) is 14.2 Å². The molecule has 3 rings (SSSR count). The van der Waals surface area contributed by atoms with Gasteiger partial charge in [0.25, 0.3) is 0 Å². The molecule has 0 aliphatic heterocycles. The standard InChI is InChI=1S/C24H25FN2O3S/c1-16(2)11-21(24(29)30-14-17-7-4-3-5-8-17)27-22(28)13-20-15-31-23(26-20)18-9-6-10-19(25)12-18/h3-10,12,15-16,21H,11,13-14H2,1-2H3,(H,27,28)/t21-/m0/s1. The lowest BCUT2D eigenvalue weighted by Gasteiger charge is -2.19. The van der Waals surface area contributed by atoms with E-state index >= 15 is 0 Å². The second kappa shape index (κ2) is 10.8. The Morgan fingerprint density at radius 2 is 1.90 bits per heavy atom. The van der Waals surface area contributed by atoms with Crippen molar-refractivity contribution in [3.63, 3.8) is 0 Å². The summed E-state index contributed by atoms with van der Waals surface area (Å²) in [6, 6.07) is 14.8. The Labute approximate surface area is 185 Å². The quantitative estimate of drug-likeness (QED) is 0.487. The van der Waals surface area contributed by atoms with Crippen LogP contribution in [0, 0.1) is 11.7 Å². The molecular formula is C24H25FN2O3S. The normalized spacial score (nSPS) is 11.9. The van der Waals surface area contributed by atoms with Gasteiger partial charge in [0.15, 0.2) is 0 Å². The molecule has 0 radical (unpaired) electrons. The first kappa shape index (κ1) is 22.6. The first-order chi connectivity index (χ1) is 14.9. The predicted molar refractivity (Wildman–Crippen MR) is 119 cm³/mol. The number of esters is 1. The van der Waals surface area contributed by atoms with Crippen LogP contribution in [0.2, 0.25) is 0 Å². The number of hydrogen-bond acceptors (Lipinski definition) is 5. The Morgan fingerprint density at radius 1 is 1.13 bits per heavy atom. The molecule has 3 aromatic rings. The average Bonchev–Trinajstić information content (AvgIpc) is 3.20. The number of carbonyl (C=O) groups excluding carboxylic acids is 2. The second-order valence-corrected chi connectivity index (χ2v) is 8.53. The average molecular weight is 441 g/mol. The van der Waals surface area contributed by atoms with Crippen LogP contribution in [0.25, 0.3) is 10.6 Å². The first-order valence-corrected chi connectivity index (χ1v) is 11.0. The summed E-state index contributed by atoms with van der Waals surface area (Å²) in [7, 11) is 0. The van der Waals surface area contributed by atoms with E-state index in [4.69, 9.17) is 4.74 Å². The first-order valence-electron chi connectivity index (χ1n) is 10.1. The van der Waals surface area contributed by atoms with E-state index in [9.17, 15) is 14.0 Å². The highest BCUT2D eigenvalue weighted by Crippen LogP contribution is 2.24. The van der Waals surface area contributed by atoms with E-state index in [1.807, 2.05) is 44.2 Å². The van der Waals surface area contributed by atoms with Gasteiger partial charge in [0.2, 0.25) is 5.91 Å². The van der Waals surface area contributed by atoms with Crippen LogP contribution < -0.4 is 5.32 Å². The molecule has 1 aromatic heterocycles. The van der Waals surface area contributed by atoms with Crippen molar-refractivity contribution < 1.29 is 18.7 Å². The van der Waals surface area contributed by atoms with Crippen molar-refractivity contribution in [2.75, 3.05) is 0 Å². The Kier molecular flexibility index (Phi) is 7.89. The van der Waals surface area contributed by atoms with Crippen molar-refractivity contribution >= 4 is 23.2 Å². The van der Waals surface area contributed by atoms with E-state index in [1.165, 1.54) is 23.5 Å². The van der Waals surface area contributed by atoms with E-state index in [0.717, 1.165) is 5.56 Å². The third-order valence-electron chi connectivity index (χ3n) is 4.52. The number of hydrogen-bond donors (Lipinski definition) is 1. The third-order valence-corrected chi connectivity index (χ3v) is 5.46. The van der Waals surface area contributed by atoms with Gasteiger partial charge in [-0.05, 0) is 30.0 Å². The van der Waals surface area contributed by atoms with Gasteiger partial charge < -0.3 is 10.1 Å². The van der Waals surface area contributed by atoms with E-state index in [1.54, 1.807) is 17.5 Å². The van der Waals surface area contributed by atoms with Gasteiger partial charge in [0.1, 0.15) is 23.5 Å². The molecule has 0 saturated carbocycles. The summed E-state index contributed by atoms with van der Waals surface area (Å²) < 4.78 is 18.8. The van der Waals surface area contributed by atoms with Crippen molar-refractivity contribution in [1.82, 2.24) is 10.3 Å². The fraction of sp³-hybridized carbons (Fsp3) is 0.292. The highest BCUT2D eigenvalue weighted by molar-refractivity contribution is 7.13. The maximum atomic E-state index is 13.4. The number of thiazole rings is 1. The van der Waals surface area contributed by atoms with Gasteiger partial charge in [0, 0.05) is 10.9 Å². The van der Waals surface area contributed by atoms with Crippen LogP contribution in [0.3, 0.4) is 0 Å². The number of halogens is 1. The smallest absolute Gasteiger partial charge is 0.328 e. The van der Waals surface area contributed by atoms with Crippen molar-refractivity contribution in [2.45, 2.75) is 39.3 Å². The third kappa shape index (κ3) is 7.00. The fourth-order valence-corrected chi connectivity index (χ4v) is 3.88. The van der Waals surface area contributed by atoms with Crippen LogP contribution in [-0.4, -0.2) is 22.9 Å². The highest BCUT2D eigenvalue weighted by atomic mass is 32.1. The Bertz CT molecular complexity index is 1020. The van der Waals surface area contributed by atoms with Crippen LogP contribution >= 0.6 is 11.3 Å². The lowest BCUT2D eigenvalue weighted by Crippen LogP contribution is -2.43. The van der Waals surface area contributed by atoms with Gasteiger partial charge in [-0.2, -0.15) is 0 Å². The van der Waals surface area contributed by atoms with Crippen LogP contribution in [0.4, 0.5) is 4.39 Å². The Balaban J connectivity index is 1.59. The fourth-order valence-electron chi connectivity index (χ4n) is 3.07. The molecule has 1 atom stereocenters. The molecule has 1 N–H and O–H groups in total. The predicted octanol–water partition coefficient (Wildman–Crippen LogP) is 4.77. The molecular weight excluding hydrogens is 415 g/mol. The summed E-state index contributed by atoms with van der Waals surface area (Å²) in [4.78, 5) is 29.6. The van der Waals surface area contributed by atoms with Crippen LogP contribution in [-0.2, 0) is 27.4 Å². The lowest BCUT2D eigenvalue weighted by atomic mass is 10.0. The summed E-state index contributed by atoms with van der Waals surface area (Å²) in [6.45, 7) is 4.12. The minimum atomic E-state index is -0.725. The molecule has 1 heterocycles. The molecule has 0 aliphatic carbocycles. The van der Waals surface area contributed by atoms with Crippen molar-refractivity contribution in [3.8, 4) is 10.6 Å². The Hall–Kier alpha value is -3.06. The molecule has 0 saturated heterocycles. The highest BCUT2D eigenvalue weighted by Gasteiger charge is 2.24. The largest absolute Gasteiger partial charge is 0.459 e. The molecule has 2 aromatic carbocycles. The lowest BCUT2D eigenvalue weighted by molar-refractivity contribution is -0.149. The maximum absolute atomic E-state index is 13.4. The molecule has 0 aliphatic rings. The molecule has 162 valence electrons. The SMILES string of the molecule is CC(C)C[C@H](NC(=O)Cc1csc(-c2cccc(F)c2)n1)C(=O)OCc1ccccc1. The van der Waals surface area contributed by atoms with E-state index in [2.05, 4.69) is 10.3 Å². The summed E-state index contributed by atoms with van der Waals surface area (Å²) in [5.74, 6) is -0.894. The number of nitrogens with zero attached hydrogens (tertiary/aromatic N) is 1. The van der Waals surface area contributed by atoms with Gasteiger partial charge in [-0.3, -0.25) is 4.79 Å². The zero-order valence-corrected chi connectivity index (χ0v) is 18.3. The monoisotopic (exact) mass is 440 g/mol. The van der Waals surface area contributed by atoms with E-state index in [0.29, 0.717) is 22.7 Å². The second-order valence-electron chi connectivity index (χ2n) is 7.67. The number of carbonyl (C=O) groups is 2. The molecule has 7 heteroatoms. The number of rotatable bonds is 9. The minimum absolute atomic E-state index is 0.0341. The topological polar surface area (TPSA) is 68.3 Å². The van der Waals surface area contributed by atoms with Gasteiger partial charge in [0.05, 0.1) is 12.1 Å². The van der Waals surface area contributed by atoms with Gasteiger partial charge in [-0.15, -0.1) is 11.3 Å². The van der Waals surface area contributed by atoms with Gasteiger partial charge >= 0.3 is 5.97 Å². The summed E-state index contributed by atoms with van der Waals surface area (Å²) in [5.41, 5.74) is 2.12. The molecule has 31 heavy (non-hydrogen) atoms. The number of aromatic nitrogens is 1.